The molecule has 0 radical (unpaired) electrons. The van der Waals surface area contributed by atoms with Crippen LogP contribution in [0.2, 0.25) is 0 Å². The first kappa shape index (κ1) is 14.1. The standard InChI is InChI=1S/C11H23N3O/c1-6-10(13-9(2)3)11(15)12-7-8-14(4)5/h6,9-10,13H,1,7-8H2,2-5H3,(H,12,15)/t10-/m1/s1. The fourth-order valence-corrected chi connectivity index (χ4v) is 1.12. The van der Waals surface area contributed by atoms with E-state index in [4.69, 9.17) is 0 Å². The van der Waals surface area contributed by atoms with Gasteiger partial charge in [-0.25, -0.2) is 0 Å². The molecule has 0 spiro atoms. The van der Waals surface area contributed by atoms with Gasteiger partial charge in [0.05, 0.1) is 0 Å². The van der Waals surface area contributed by atoms with Crippen molar-refractivity contribution in [3.63, 3.8) is 0 Å². The van der Waals surface area contributed by atoms with Crippen molar-refractivity contribution < 1.29 is 4.79 Å². The third kappa shape index (κ3) is 7.11. The van der Waals surface area contributed by atoms with Crippen molar-refractivity contribution in [1.29, 1.82) is 0 Å². The van der Waals surface area contributed by atoms with E-state index in [0.717, 1.165) is 6.54 Å². The maximum Gasteiger partial charge on any atom is 0.241 e. The van der Waals surface area contributed by atoms with Crippen LogP contribution < -0.4 is 10.6 Å². The highest BCUT2D eigenvalue weighted by Crippen LogP contribution is 1.89. The molecule has 0 aromatic rings. The number of likely N-dealkylation sites (N-methyl/N-ethyl adjacent to an activating group) is 1. The summed E-state index contributed by atoms with van der Waals surface area (Å²) in [7, 11) is 3.95. The quantitative estimate of drug-likeness (QED) is 0.595. The minimum Gasteiger partial charge on any atom is -0.353 e. The monoisotopic (exact) mass is 213 g/mol. The summed E-state index contributed by atoms with van der Waals surface area (Å²) in [6.07, 6.45) is 1.63. The van der Waals surface area contributed by atoms with Crippen molar-refractivity contribution >= 4 is 5.91 Å². The van der Waals surface area contributed by atoms with Crippen LogP contribution in [0.4, 0.5) is 0 Å². The molecule has 0 aromatic carbocycles. The van der Waals surface area contributed by atoms with Gasteiger partial charge in [0.25, 0.3) is 0 Å². The molecular weight excluding hydrogens is 190 g/mol. The fourth-order valence-electron chi connectivity index (χ4n) is 1.12. The Morgan fingerprint density at radius 2 is 2.07 bits per heavy atom. The number of hydrogen-bond donors (Lipinski definition) is 2. The topological polar surface area (TPSA) is 44.4 Å². The van der Waals surface area contributed by atoms with Gasteiger partial charge >= 0.3 is 0 Å². The minimum atomic E-state index is -0.299. The summed E-state index contributed by atoms with van der Waals surface area (Å²) in [4.78, 5) is 13.7. The van der Waals surface area contributed by atoms with Gasteiger partial charge in [-0.15, -0.1) is 6.58 Å². The van der Waals surface area contributed by atoms with E-state index in [9.17, 15) is 4.79 Å². The van der Waals surface area contributed by atoms with Gasteiger partial charge in [-0.1, -0.05) is 6.08 Å². The van der Waals surface area contributed by atoms with Crippen molar-refractivity contribution in [3.8, 4) is 0 Å². The van der Waals surface area contributed by atoms with E-state index in [2.05, 4.69) is 17.2 Å². The first-order valence-electron chi connectivity index (χ1n) is 5.28. The Bertz CT molecular complexity index is 202. The Labute approximate surface area is 92.7 Å². The van der Waals surface area contributed by atoms with E-state index in [1.54, 1.807) is 6.08 Å². The van der Waals surface area contributed by atoms with E-state index < -0.39 is 0 Å². The second-order valence-electron chi connectivity index (χ2n) is 4.13. The van der Waals surface area contributed by atoms with E-state index in [1.807, 2.05) is 32.8 Å². The van der Waals surface area contributed by atoms with Crippen LogP contribution in [0.1, 0.15) is 13.8 Å². The maximum absolute atomic E-state index is 11.6. The summed E-state index contributed by atoms with van der Waals surface area (Å²) < 4.78 is 0. The van der Waals surface area contributed by atoms with E-state index in [1.165, 1.54) is 0 Å². The van der Waals surface area contributed by atoms with Crippen LogP contribution in [-0.2, 0) is 4.79 Å². The predicted octanol–water partition coefficient (Wildman–Crippen LogP) is 0.217. The summed E-state index contributed by atoms with van der Waals surface area (Å²) >= 11 is 0. The molecule has 0 unspecified atom stereocenters. The highest BCUT2D eigenvalue weighted by molar-refractivity contribution is 5.83. The number of carbonyl (C=O) groups is 1. The number of amides is 1. The predicted molar refractivity (Wildman–Crippen MR) is 63.8 cm³/mol. The summed E-state index contributed by atoms with van der Waals surface area (Å²) in [5, 5.41) is 5.98. The Kier molecular flexibility index (Phi) is 6.99. The van der Waals surface area contributed by atoms with E-state index in [-0.39, 0.29) is 18.0 Å². The molecule has 0 aliphatic carbocycles. The van der Waals surface area contributed by atoms with Gasteiger partial charge in [0.1, 0.15) is 6.04 Å². The van der Waals surface area contributed by atoms with Gasteiger partial charge in [-0.3, -0.25) is 4.79 Å². The first-order valence-corrected chi connectivity index (χ1v) is 5.28. The zero-order valence-electron chi connectivity index (χ0n) is 10.2. The fraction of sp³-hybridized carbons (Fsp3) is 0.727. The second-order valence-corrected chi connectivity index (χ2v) is 4.13. The van der Waals surface area contributed by atoms with Crippen molar-refractivity contribution in [1.82, 2.24) is 15.5 Å². The third-order valence-corrected chi connectivity index (χ3v) is 1.89. The van der Waals surface area contributed by atoms with Crippen molar-refractivity contribution in [2.45, 2.75) is 25.9 Å². The van der Waals surface area contributed by atoms with Crippen LogP contribution in [-0.4, -0.2) is 50.1 Å². The van der Waals surface area contributed by atoms with Gasteiger partial charge in [-0.05, 0) is 27.9 Å². The smallest absolute Gasteiger partial charge is 0.241 e. The van der Waals surface area contributed by atoms with Crippen LogP contribution in [0.5, 0.6) is 0 Å². The molecule has 0 bridgehead atoms. The Balaban J connectivity index is 3.89. The second kappa shape index (κ2) is 7.43. The number of nitrogens with zero attached hydrogens (tertiary/aromatic N) is 1. The minimum absolute atomic E-state index is 0.0134. The van der Waals surface area contributed by atoms with Gasteiger partial charge in [-0.2, -0.15) is 0 Å². The zero-order valence-corrected chi connectivity index (χ0v) is 10.2. The van der Waals surface area contributed by atoms with Crippen LogP contribution in [0, 0.1) is 0 Å². The lowest BCUT2D eigenvalue weighted by Crippen LogP contribution is -2.46. The lowest BCUT2D eigenvalue weighted by molar-refractivity contribution is -0.122. The lowest BCUT2D eigenvalue weighted by Gasteiger charge is -2.18. The van der Waals surface area contributed by atoms with Crippen molar-refractivity contribution in [2.75, 3.05) is 27.2 Å². The molecule has 0 saturated heterocycles. The van der Waals surface area contributed by atoms with Gasteiger partial charge in [0.15, 0.2) is 0 Å². The van der Waals surface area contributed by atoms with Crippen LogP contribution >= 0.6 is 0 Å². The lowest BCUT2D eigenvalue weighted by atomic mass is 10.2. The average Bonchev–Trinajstić information content (AvgIpc) is 2.13. The average molecular weight is 213 g/mol. The van der Waals surface area contributed by atoms with E-state index >= 15 is 0 Å². The van der Waals surface area contributed by atoms with Gasteiger partial charge in [0.2, 0.25) is 5.91 Å². The van der Waals surface area contributed by atoms with Gasteiger partial charge in [0, 0.05) is 19.1 Å². The Morgan fingerprint density at radius 3 is 2.47 bits per heavy atom. The number of hydrogen-bond acceptors (Lipinski definition) is 3. The molecule has 2 N–H and O–H groups in total. The third-order valence-electron chi connectivity index (χ3n) is 1.89. The molecule has 0 aromatic heterocycles. The molecule has 4 nitrogen and oxygen atoms in total. The van der Waals surface area contributed by atoms with Crippen LogP contribution in [0.25, 0.3) is 0 Å². The molecular formula is C11H23N3O. The number of carbonyl (C=O) groups excluding carboxylic acids is 1. The first-order chi connectivity index (χ1) is 6.97. The number of rotatable bonds is 7. The Hall–Kier alpha value is -0.870. The molecule has 0 heterocycles. The molecule has 1 amide bonds. The molecule has 88 valence electrons. The molecule has 0 fully saturated rings. The summed E-state index contributed by atoms with van der Waals surface area (Å²) in [5.41, 5.74) is 0. The Morgan fingerprint density at radius 1 is 1.47 bits per heavy atom. The number of nitrogens with one attached hydrogen (secondary N) is 2. The largest absolute Gasteiger partial charge is 0.353 e. The molecule has 4 heteroatoms. The van der Waals surface area contributed by atoms with Gasteiger partial charge < -0.3 is 15.5 Å². The molecule has 0 aliphatic rings. The SMILES string of the molecule is C=C[C@@H](NC(C)C)C(=O)NCCN(C)C. The van der Waals surface area contributed by atoms with Crippen LogP contribution in [0.15, 0.2) is 12.7 Å². The molecule has 1 atom stereocenters. The van der Waals surface area contributed by atoms with Crippen molar-refractivity contribution in [3.05, 3.63) is 12.7 Å². The van der Waals surface area contributed by atoms with Crippen LogP contribution in [0.3, 0.4) is 0 Å². The normalized spacial score (nSPS) is 12.9. The molecule has 0 rings (SSSR count). The molecule has 0 aliphatic heterocycles. The maximum atomic E-state index is 11.6. The highest BCUT2D eigenvalue weighted by atomic mass is 16.2. The van der Waals surface area contributed by atoms with Crippen molar-refractivity contribution in [2.24, 2.45) is 0 Å². The summed E-state index contributed by atoms with van der Waals surface area (Å²) in [6, 6.07) is -0.0280. The molecule has 15 heavy (non-hydrogen) atoms. The van der Waals surface area contributed by atoms with E-state index in [0.29, 0.717) is 6.54 Å². The molecule has 0 saturated carbocycles. The highest BCUT2D eigenvalue weighted by Gasteiger charge is 2.14. The summed E-state index contributed by atoms with van der Waals surface area (Å²) in [6.45, 7) is 9.16. The summed E-state index contributed by atoms with van der Waals surface area (Å²) in [5.74, 6) is -0.0134. The zero-order chi connectivity index (χ0) is 11.8.